The molecule has 3 heterocycles. The molecule has 2 aromatic rings. The minimum atomic E-state index is -0.801. The molecule has 0 spiro atoms. The maximum Gasteiger partial charge on any atom is 0.278 e. The highest BCUT2D eigenvalue weighted by molar-refractivity contribution is 5.99. The first-order valence-electron chi connectivity index (χ1n) is 8.32. The van der Waals surface area contributed by atoms with Crippen molar-refractivity contribution in [3.05, 3.63) is 28.6 Å². The zero-order valence-corrected chi connectivity index (χ0v) is 13.6. The summed E-state index contributed by atoms with van der Waals surface area (Å²) in [6.45, 7) is 3.52. The molecule has 1 aromatic carbocycles. The first kappa shape index (κ1) is 15.7. The van der Waals surface area contributed by atoms with Crippen LogP contribution in [0.1, 0.15) is 18.9 Å². The molecule has 9 nitrogen and oxygen atoms in total. The summed E-state index contributed by atoms with van der Waals surface area (Å²) >= 11 is 0. The summed E-state index contributed by atoms with van der Waals surface area (Å²) in [6.07, 6.45) is 0.436. The van der Waals surface area contributed by atoms with Crippen molar-refractivity contribution in [2.24, 2.45) is 0 Å². The summed E-state index contributed by atoms with van der Waals surface area (Å²) in [5, 5.41) is 13.9. The van der Waals surface area contributed by atoms with Crippen molar-refractivity contribution in [2.45, 2.75) is 18.9 Å². The van der Waals surface area contributed by atoms with E-state index in [1.165, 1.54) is 0 Å². The lowest BCUT2D eigenvalue weighted by atomic mass is 10.1. The van der Waals surface area contributed by atoms with Gasteiger partial charge >= 0.3 is 0 Å². The predicted octanol–water partition coefficient (Wildman–Crippen LogP) is -0.821. The van der Waals surface area contributed by atoms with Crippen LogP contribution < -0.4 is 21.1 Å². The molecule has 2 aliphatic rings. The standard InChI is InChI=1S/C16H18N6O3/c23-14-4-3-13(15(24)18-14)22-16(25)11-9-10(1-2-12(11)19-20-22)21-7-5-17-6-8-21/h1-2,9,13,17H,3-8H2,(H,18,23,24). The molecule has 0 saturated carbocycles. The SMILES string of the molecule is O=C1CCC(n2nnc3ccc(N4CCNCC4)cc3c2=O)C(=O)N1. The Morgan fingerprint density at radius 2 is 1.92 bits per heavy atom. The normalized spacial score (nSPS) is 21.4. The van der Waals surface area contributed by atoms with E-state index < -0.39 is 11.9 Å². The third kappa shape index (κ3) is 2.86. The van der Waals surface area contributed by atoms with Gasteiger partial charge in [0, 0.05) is 38.3 Å². The number of carbonyl (C=O) groups is 2. The summed E-state index contributed by atoms with van der Waals surface area (Å²) in [5.41, 5.74) is 1.08. The van der Waals surface area contributed by atoms with Crippen molar-refractivity contribution in [3.8, 4) is 0 Å². The predicted molar refractivity (Wildman–Crippen MR) is 90.3 cm³/mol. The van der Waals surface area contributed by atoms with Crippen LogP contribution in [0.3, 0.4) is 0 Å². The molecular formula is C16H18N6O3. The van der Waals surface area contributed by atoms with Gasteiger partial charge < -0.3 is 10.2 Å². The van der Waals surface area contributed by atoms with E-state index in [9.17, 15) is 14.4 Å². The molecule has 9 heteroatoms. The molecule has 2 amide bonds. The highest BCUT2D eigenvalue weighted by Crippen LogP contribution is 2.20. The smallest absolute Gasteiger partial charge is 0.278 e. The van der Waals surface area contributed by atoms with Gasteiger partial charge in [0.2, 0.25) is 5.91 Å². The second-order valence-corrected chi connectivity index (χ2v) is 6.24. The Balaban J connectivity index is 1.74. The third-order valence-electron chi connectivity index (χ3n) is 4.65. The highest BCUT2D eigenvalue weighted by Gasteiger charge is 2.30. The van der Waals surface area contributed by atoms with Crippen molar-refractivity contribution in [3.63, 3.8) is 0 Å². The van der Waals surface area contributed by atoms with Crippen LogP contribution in [0.25, 0.3) is 10.9 Å². The number of hydrogen-bond donors (Lipinski definition) is 2. The van der Waals surface area contributed by atoms with Crippen molar-refractivity contribution >= 4 is 28.4 Å². The van der Waals surface area contributed by atoms with E-state index in [1.54, 1.807) is 12.1 Å². The van der Waals surface area contributed by atoms with Crippen LogP contribution in [-0.2, 0) is 9.59 Å². The number of piperazine rings is 1. The number of fused-ring (bicyclic) bond motifs is 1. The molecule has 2 saturated heterocycles. The van der Waals surface area contributed by atoms with Crippen LogP contribution >= 0.6 is 0 Å². The number of hydrogen-bond acceptors (Lipinski definition) is 7. The maximum atomic E-state index is 12.9. The average molecular weight is 342 g/mol. The van der Waals surface area contributed by atoms with Gasteiger partial charge in [-0.2, -0.15) is 4.68 Å². The van der Waals surface area contributed by atoms with E-state index in [4.69, 9.17) is 0 Å². The van der Waals surface area contributed by atoms with Crippen LogP contribution in [0.15, 0.2) is 23.0 Å². The second-order valence-electron chi connectivity index (χ2n) is 6.24. The van der Waals surface area contributed by atoms with E-state index in [0.29, 0.717) is 10.9 Å². The van der Waals surface area contributed by atoms with Crippen molar-refractivity contribution in [1.82, 2.24) is 25.6 Å². The number of piperidine rings is 1. The first-order chi connectivity index (χ1) is 12.1. The Morgan fingerprint density at radius 1 is 1.12 bits per heavy atom. The van der Waals surface area contributed by atoms with Crippen LogP contribution in [0.5, 0.6) is 0 Å². The number of nitrogens with one attached hydrogen (secondary N) is 2. The monoisotopic (exact) mass is 342 g/mol. The summed E-state index contributed by atoms with van der Waals surface area (Å²) in [4.78, 5) is 38.4. The topological polar surface area (TPSA) is 109 Å². The van der Waals surface area contributed by atoms with Crippen molar-refractivity contribution < 1.29 is 9.59 Å². The van der Waals surface area contributed by atoms with E-state index in [1.807, 2.05) is 6.07 Å². The largest absolute Gasteiger partial charge is 0.369 e. The Morgan fingerprint density at radius 3 is 2.68 bits per heavy atom. The minimum Gasteiger partial charge on any atom is -0.369 e. The summed E-state index contributed by atoms with van der Waals surface area (Å²) in [5.74, 6) is -0.839. The molecule has 2 fully saturated rings. The number of anilines is 1. The van der Waals surface area contributed by atoms with E-state index >= 15 is 0 Å². The van der Waals surface area contributed by atoms with Gasteiger partial charge in [-0.3, -0.25) is 19.7 Å². The second kappa shape index (κ2) is 6.25. The minimum absolute atomic E-state index is 0.184. The molecule has 1 atom stereocenters. The molecule has 4 rings (SSSR count). The van der Waals surface area contributed by atoms with Gasteiger partial charge in [0.05, 0.1) is 5.39 Å². The highest BCUT2D eigenvalue weighted by atomic mass is 16.2. The number of imide groups is 1. The van der Waals surface area contributed by atoms with Gasteiger partial charge in [-0.15, -0.1) is 5.10 Å². The van der Waals surface area contributed by atoms with E-state index in [0.717, 1.165) is 36.5 Å². The lowest BCUT2D eigenvalue weighted by molar-refractivity contribution is -0.136. The molecule has 0 bridgehead atoms. The summed E-state index contributed by atoms with van der Waals surface area (Å²) in [7, 11) is 0. The fourth-order valence-electron chi connectivity index (χ4n) is 3.28. The van der Waals surface area contributed by atoms with Crippen molar-refractivity contribution in [1.29, 1.82) is 0 Å². The quantitative estimate of drug-likeness (QED) is 0.686. The van der Waals surface area contributed by atoms with Gasteiger partial charge in [-0.25, -0.2) is 0 Å². The van der Waals surface area contributed by atoms with E-state index in [-0.39, 0.29) is 24.3 Å². The Kier molecular flexibility index (Phi) is 3.92. The number of benzene rings is 1. The van der Waals surface area contributed by atoms with Crippen LogP contribution in [0, 0.1) is 0 Å². The first-order valence-corrected chi connectivity index (χ1v) is 8.32. The molecule has 0 aliphatic carbocycles. The lowest BCUT2D eigenvalue weighted by Gasteiger charge is -2.29. The van der Waals surface area contributed by atoms with Gasteiger partial charge in [0.25, 0.3) is 11.5 Å². The molecule has 1 aromatic heterocycles. The van der Waals surface area contributed by atoms with Gasteiger partial charge in [0.15, 0.2) is 0 Å². The Labute approximate surface area is 143 Å². The van der Waals surface area contributed by atoms with Crippen LogP contribution in [-0.4, -0.2) is 53.0 Å². The number of nitrogens with zero attached hydrogens (tertiary/aromatic N) is 4. The summed E-state index contributed by atoms with van der Waals surface area (Å²) in [6, 6.07) is 4.71. The molecule has 2 N–H and O–H groups in total. The molecular weight excluding hydrogens is 324 g/mol. The summed E-state index contributed by atoms with van der Waals surface area (Å²) < 4.78 is 1.09. The molecule has 2 aliphatic heterocycles. The zero-order valence-electron chi connectivity index (χ0n) is 13.6. The number of carbonyl (C=O) groups excluding carboxylic acids is 2. The number of amides is 2. The Hall–Kier alpha value is -2.81. The maximum absolute atomic E-state index is 12.9. The number of rotatable bonds is 2. The lowest BCUT2D eigenvalue weighted by Crippen LogP contribution is -2.45. The average Bonchev–Trinajstić information content (AvgIpc) is 2.63. The molecule has 1 unspecified atom stereocenters. The number of aromatic nitrogens is 3. The van der Waals surface area contributed by atoms with Gasteiger partial charge in [-0.05, 0) is 24.6 Å². The molecule has 0 radical (unpaired) electrons. The van der Waals surface area contributed by atoms with Crippen molar-refractivity contribution in [2.75, 3.05) is 31.1 Å². The Bertz CT molecular complexity index is 902. The van der Waals surface area contributed by atoms with Crippen LogP contribution in [0.2, 0.25) is 0 Å². The fraction of sp³-hybridized carbons (Fsp3) is 0.438. The van der Waals surface area contributed by atoms with Gasteiger partial charge in [0.1, 0.15) is 11.6 Å². The fourth-order valence-corrected chi connectivity index (χ4v) is 3.28. The van der Waals surface area contributed by atoms with Gasteiger partial charge in [-0.1, -0.05) is 5.21 Å². The van der Waals surface area contributed by atoms with E-state index in [2.05, 4.69) is 25.8 Å². The van der Waals surface area contributed by atoms with Crippen LogP contribution in [0.4, 0.5) is 5.69 Å². The molecule has 130 valence electrons. The molecule has 25 heavy (non-hydrogen) atoms. The zero-order chi connectivity index (χ0) is 17.4. The third-order valence-corrected chi connectivity index (χ3v) is 4.65.